The Morgan fingerprint density at radius 3 is 2.09 bits per heavy atom. The highest BCUT2D eigenvalue weighted by Crippen LogP contribution is 2.37. The van der Waals surface area contributed by atoms with Crippen LogP contribution in [0.5, 0.6) is 5.75 Å². The van der Waals surface area contributed by atoms with Gasteiger partial charge in [0.25, 0.3) is 0 Å². The van der Waals surface area contributed by atoms with Gasteiger partial charge in [-0.3, -0.25) is 0 Å². The zero-order chi connectivity index (χ0) is 16.9. The summed E-state index contributed by atoms with van der Waals surface area (Å²) in [7, 11) is 5.75. The Morgan fingerprint density at radius 2 is 1.61 bits per heavy atom. The molecule has 120 valence electrons. The van der Waals surface area contributed by atoms with Crippen molar-refractivity contribution in [1.29, 1.82) is 5.26 Å². The Hall–Kier alpha value is -2.31. The molecule has 0 aliphatic rings. The molecule has 0 bridgehead atoms. The largest absolute Gasteiger partial charge is 0.497 e. The molecular formula is C20H24N2O. The van der Waals surface area contributed by atoms with Crippen molar-refractivity contribution >= 4 is 0 Å². The SMILES string of the molecule is COc1ccc(C(C#N)(CC(C)N(C)C)c2ccccc2)cc1. The van der Waals surface area contributed by atoms with Gasteiger partial charge in [-0.15, -0.1) is 0 Å². The summed E-state index contributed by atoms with van der Waals surface area (Å²) in [4.78, 5) is 2.15. The van der Waals surface area contributed by atoms with Gasteiger partial charge in [0.15, 0.2) is 0 Å². The smallest absolute Gasteiger partial charge is 0.118 e. The molecule has 2 unspecified atom stereocenters. The Labute approximate surface area is 139 Å². The van der Waals surface area contributed by atoms with Crippen molar-refractivity contribution in [2.24, 2.45) is 0 Å². The number of benzene rings is 2. The zero-order valence-electron chi connectivity index (χ0n) is 14.3. The van der Waals surface area contributed by atoms with Gasteiger partial charge in [-0.25, -0.2) is 0 Å². The summed E-state index contributed by atoms with van der Waals surface area (Å²) < 4.78 is 5.25. The molecule has 0 aromatic heterocycles. The van der Waals surface area contributed by atoms with Crippen LogP contribution in [0.15, 0.2) is 54.6 Å². The highest BCUT2D eigenvalue weighted by atomic mass is 16.5. The molecule has 23 heavy (non-hydrogen) atoms. The van der Waals surface area contributed by atoms with Crippen LogP contribution in [0.4, 0.5) is 0 Å². The van der Waals surface area contributed by atoms with Crippen molar-refractivity contribution < 1.29 is 4.74 Å². The lowest BCUT2D eigenvalue weighted by Gasteiger charge is -2.33. The first-order valence-electron chi connectivity index (χ1n) is 7.81. The number of methoxy groups -OCH3 is 1. The average molecular weight is 308 g/mol. The maximum atomic E-state index is 10.1. The van der Waals surface area contributed by atoms with Crippen LogP contribution >= 0.6 is 0 Å². The first-order chi connectivity index (χ1) is 11.0. The molecule has 0 aliphatic carbocycles. The molecule has 2 atom stereocenters. The first kappa shape index (κ1) is 17.1. The molecule has 0 aliphatic heterocycles. The van der Waals surface area contributed by atoms with Crippen LogP contribution < -0.4 is 4.74 Å². The van der Waals surface area contributed by atoms with Crippen LogP contribution in [0, 0.1) is 11.3 Å². The molecule has 0 saturated carbocycles. The summed E-state index contributed by atoms with van der Waals surface area (Å²) in [5.74, 6) is 0.800. The summed E-state index contributed by atoms with van der Waals surface area (Å²) >= 11 is 0. The van der Waals surface area contributed by atoms with Gasteiger partial charge in [-0.1, -0.05) is 42.5 Å². The summed E-state index contributed by atoms with van der Waals surface area (Å²) in [6.45, 7) is 2.15. The minimum absolute atomic E-state index is 0.275. The average Bonchev–Trinajstić information content (AvgIpc) is 2.60. The van der Waals surface area contributed by atoms with Crippen LogP contribution in [0.3, 0.4) is 0 Å². The summed E-state index contributed by atoms with van der Waals surface area (Å²) in [6.07, 6.45) is 0.729. The highest BCUT2D eigenvalue weighted by Gasteiger charge is 2.36. The van der Waals surface area contributed by atoms with E-state index in [1.165, 1.54) is 0 Å². The van der Waals surface area contributed by atoms with E-state index >= 15 is 0 Å². The number of hydrogen-bond donors (Lipinski definition) is 0. The van der Waals surface area contributed by atoms with E-state index in [0.29, 0.717) is 0 Å². The summed E-state index contributed by atoms with van der Waals surface area (Å²) in [5.41, 5.74) is 1.36. The number of rotatable bonds is 6. The van der Waals surface area contributed by atoms with Crippen molar-refractivity contribution in [1.82, 2.24) is 4.90 Å². The van der Waals surface area contributed by atoms with E-state index in [1.807, 2.05) is 68.7 Å². The Bertz CT molecular complexity index is 658. The predicted octanol–water partition coefficient (Wildman–Crippen LogP) is 3.85. The zero-order valence-corrected chi connectivity index (χ0v) is 14.3. The molecule has 0 N–H and O–H groups in total. The van der Waals surface area contributed by atoms with Crippen molar-refractivity contribution in [2.75, 3.05) is 21.2 Å². The Kier molecular flexibility index (Phi) is 5.41. The number of nitriles is 1. The third-order valence-electron chi connectivity index (χ3n) is 4.52. The first-order valence-corrected chi connectivity index (χ1v) is 7.81. The van der Waals surface area contributed by atoms with Crippen LogP contribution in [0.1, 0.15) is 24.5 Å². The van der Waals surface area contributed by atoms with Crippen molar-refractivity contribution in [3.05, 3.63) is 65.7 Å². The number of hydrogen-bond acceptors (Lipinski definition) is 3. The lowest BCUT2D eigenvalue weighted by Crippen LogP contribution is -2.36. The minimum Gasteiger partial charge on any atom is -0.497 e. The molecule has 3 heteroatoms. The molecule has 3 nitrogen and oxygen atoms in total. The van der Waals surface area contributed by atoms with Gasteiger partial charge < -0.3 is 9.64 Å². The molecule has 0 amide bonds. The van der Waals surface area contributed by atoms with E-state index in [4.69, 9.17) is 4.74 Å². The van der Waals surface area contributed by atoms with Crippen molar-refractivity contribution in [3.8, 4) is 11.8 Å². The third kappa shape index (κ3) is 3.55. The molecule has 0 radical (unpaired) electrons. The van der Waals surface area contributed by atoms with E-state index in [-0.39, 0.29) is 6.04 Å². The molecule has 2 rings (SSSR count). The molecule has 0 heterocycles. The van der Waals surface area contributed by atoms with Crippen molar-refractivity contribution in [2.45, 2.75) is 24.8 Å². The molecule has 0 saturated heterocycles. The summed E-state index contributed by atoms with van der Waals surface area (Å²) in [6, 6.07) is 20.8. The summed E-state index contributed by atoms with van der Waals surface area (Å²) in [5, 5.41) is 10.1. The Balaban J connectivity index is 2.55. The predicted molar refractivity (Wildman–Crippen MR) is 93.6 cm³/mol. The maximum Gasteiger partial charge on any atom is 0.118 e. The van der Waals surface area contributed by atoms with Crippen molar-refractivity contribution in [3.63, 3.8) is 0 Å². The standard InChI is InChI=1S/C20H24N2O/c1-16(22(2)3)14-20(15-21,17-8-6-5-7-9-17)18-10-12-19(23-4)13-11-18/h5-13,16H,14H2,1-4H3. The molecule has 0 fully saturated rings. The molecular weight excluding hydrogens is 284 g/mol. The van der Waals surface area contributed by atoms with Crippen LogP contribution in [0.25, 0.3) is 0 Å². The van der Waals surface area contributed by atoms with E-state index in [1.54, 1.807) is 7.11 Å². The van der Waals surface area contributed by atoms with Gasteiger partial charge >= 0.3 is 0 Å². The van der Waals surface area contributed by atoms with Crippen LogP contribution in [-0.2, 0) is 5.41 Å². The van der Waals surface area contributed by atoms with Crippen LogP contribution in [0.2, 0.25) is 0 Å². The molecule has 2 aromatic rings. The fourth-order valence-electron chi connectivity index (χ4n) is 2.80. The Morgan fingerprint density at radius 1 is 1.04 bits per heavy atom. The van der Waals surface area contributed by atoms with Gasteiger partial charge in [-0.05, 0) is 50.7 Å². The maximum absolute atomic E-state index is 10.1. The highest BCUT2D eigenvalue weighted by molar-refractivity contribution is 5.47. The fourth-order valence-corrected chi connectivity index (χ4v) is 2.80. The van der Waals surface area contributed by atoms with Gasteiger partial charge in [-0.2, -0.15) is 5.26 Å². The monoisotopic (exact) mass is 308 g/mol. The molecule has 0 spiro atoms. The second-order valence-corrected chi connectivity index (χ2v) is 6.13. The second kappa shape index (κ2) is 7.30. The lowest BCUT2D eigenvalue weighted by molar-refractivity contribution is 0.275. The topological polar surface area (TPSA) is 36.3 Å². The van der Waals surface area contributed by atoms with E-state index in [9.17, 15) is 5.26 Å². The van der Waals surface area contributed by atoms with Gasteiger partial charge in [0.2, 0.25) is 0 Å². The van der Waals surface area contributed by atoms with Crippen LogP contribution in [-0.4, -0.2) is 32.1 Å². The van der Waals surface area contributed by atoms with Gasteiger partial charge in [0, 0.05) is 6.04 Å². The number of ether oxygens (including phenoxy) is 1. The van der Waals surface area contributed by atoms with Gasteiger partial charge in [0.05, 0.1) is 13.2 Å². The minimum atomic E-state index is -0.669. The molecule has 2 aromatic carbocycles. The van der Waals surface area contributed by atoms with E-state index in [0.717, 1.165) is 23.3 Å². The quantitative estimate of drug-likeness (QED) is 0.813. The van der Waals surface area contributed by atoms with Gasteiger partial charge in [0.1, 0.15) is 11.2 Å². The second-order valence-electron chi connectivity index (χ2n) is 6.13. The fraction of sp³-hybridized carbons (Fsp3) is 0.350. The van der Waals surface area contributed by atoms with E-state index in [2.05, 4.69) is 17.9 Å². The van der Waals surface area contributed by atoms with E-state index < -0.39 is 5.41 Å². The normalized spacial score (nSPS) is 14.8. The number of nitrogens with zero attached hydrogens (tertiary/aromatic N) is 2. The third-order valence-corrected chi connectivity index (χ3v) is 4.52. The lowest BCUT2D eigenvalue weighted by atomic mass is 9.71.